The van der Waals surface area contributed by atoms with Crippen molar-refractivity contribution >= 4 is 28.6 Å². The lowest BCUT2D eigenvalue weighted by Crippen LogP contribution is -2.40. The minimum absolute atomic E-state index is 0.00194. The molecule has 0 unspecified atom stereocenters. The molecule has 1 aliphatic rings. The summed E-state index contributed by atoms with van der Waals surface area (Å²) in [6.45, 7) is 2.64. The lowest BCUT2D eigenvalue weighted by atomic mass is 9.95. The van der Waals surface area contributed by atoms with Crippen LogP contribution in [0.1, 0.15) is 24.0 Å². The molecule has 36 heavy (non-hydrogen) atoms. The van der Waals surface area contributed by atoms with Gasteiger partial charge in [0.25, 0.3) is 0 Å². The molecule has 5 rings (SSSR count). The largest absolute Gasteiger partial charge is 0.497 e. The lowest BCUT2D eigenvalue weighted by molar-refractivity contribution is -0.125. The number of methoxy groups -OCH3 is 1. The number of rotatable bonds is 8. The number of carbonyl (C=O) groups excluding carboxylic acids is 1. The summed E-state index contributed by atoms with van der Waals surface area (Å²) in [5, 5.41) is 7.24. The molecule has 2 N–H and O–H groups in total. The zero-order valence-electron chi connectivity index (χ0n) is 20.2. The number of benzene rings is 1. The van der Waals surface area contributed by atoms with Gasteiger partial charge in [0.2, 0.25) is 11.9 Å². The molecule has 4 heterocycles. The van der Waals surface area contributed by atoms with Gasteiger partial charge in [-0.25, -0.2) is 15.0 Å². The van der Waals surface area contributed by atoms with Gasteiger partial charge in [-0.3, -0.25) is 9.78 Å². The van der Waals surface area contributed by atoms with Crippen molar-refractivity contribution in [2.24, 2.45) is 5.92 Å². The van der Waals surface area contributed by atoms with Gasteiger partial charge in [-0.1, -0.05) is 18.2 Å². The van der Waals surface area contributed by atoms with Crippen molar-refractivity contribution in [3.05, 3.63) is 78.4 Å². The third-order valence-corrected chi connectivity index (χ3v) is 6.45. The van der Waals surface area contributed by atoms with Crippen molar-refractivity contribution in [2.75, 3.05) is 30.4 Å². The van der Waals surface area contributed by atoms with Gasteiger partial charge in [-0.2, -0.15) is 0 Å². The summed E-state index contributed by atoms with van der Waals surface area (Å²) in [6.07, 6.45) is 8.67. The molecule has 1 saturated heterocycles. The van der Waals surface area contributed by atoms with Crippen molar-refractivity contribution in [1.82, 2.24) is 25.3 Å². The van der Waals surface area contributed by atoms with E-state index in [4.69, 9.17) is 9.72 Å². The van der Waals surface area contributed by atoms with Crippen molar-refractivity contribution in [2.45, 2.75) is 25.9 Å². The fourth-order valence-electron chi connectivity index (χ4n) is 4.39. The molecule has 1 fully saturated rings. The number of amides is 1. The monoisotopic (exact) mass is 483 g/mol. The quantitative estimate of drug-likeness (QED) is 0.392. The standard InChI is InChI=1S/C27H29N7O2/c1-36-22-6-4-19(5-7-22)16-31-27-32-18-23-24(33-27)8-12-29-25(23)34-13-9-21(10-14-34)26(35)30-17-20-3-2-11-28-15-20/h2-8,11-12,15,18,21H,9-10,13-14,16-17H2,1H3,(H,30,35)(H,31,32,33). The van der Waals surface area contributed by atoms with E-state index in [0.717, 1.165) is 59.5 Å². The van der Waals surface area contributed by atoms with E-state index < -0.39 is 0 Å². The van der Waals surface area contributed by atoms with E-state index in [2.05, 4.69) is 30.5 Å². The average molecular weight is 484 g/mol. The lowest BCUT2D eigenvalue weighted by Gasteiger charge is -2.32. The Morgan fingerprint density at radius 2 is 1.83 bits per heavy atom. The Morgan fingerprint density at radius 3 is 2.58 bits per heavy atom. The van der Waals surface area contributed by atoms with Crippen LogP contribution < -0.4 is 20.3 Å². The number of aromatic nitrogens is 4. The molecule has 0 bridgehead atoms. The highest BCUT2D eigenvalue weighted by Crippen LogP contribution is 2.28. The molecule has 0 spiro atoms. The van der Waals surface area contributed by atoms with Crippen LogP contribution in [-0.2, 0) is 17.9 Å². The molecule has 0 saturated carbocycles. The maximum absolute atomic E-state index is 12.7. The van der Waals surface area contributed by atoms with Gasteiger partial charge in [0, 0.05) is 56.9 Å². The Balaban J connectivity index is 1.19. The first-order chi connectivity index (χ1) is 17.7. The third-order valence-electron chi connectivity index (χ3n) is 6.45. The van der Waals surface area contributed by atoms with Gasteiger partial charge in [0.1, 0.15) is 11.6 Å². The summed E-state index contributed by atoms with van der Waals surface area (Å²) in [5.41, 5.74) is 2.95. The summed E-state index contributed by atoms with van der Waals surface area (Å²) in [5.74, 6) is 2.36. The Bertz CT molecular complexity index is 1310. The highest BCUT2D eigenvalue weighted by Gasteiger charge is 2.26. The van der Waals surface area contributed by atoms with Crippen LogP contribution in [0.2, 0.25) is 0 Å². The molecule has 9 heteroatoms. The highest BCUT2D eigenvalue weighted by atomic mass is 16.5. The second-order valence-corrected chi connectivity index (χ2v) is 8.80. The summed E-state index contributed by atoms with van der Waals surface area (Å²) in [4.78, 5) is 32.8. The predicted octanol–water partition coefficient (Wildman–Crippen LogP) is 3.57. The number of fused-ring (bicyclic) bond motifs is 1. The average Bonchev–Trinajstić information content (AvgIpc) is 2.95. The van der Waals surface area contributed by atoms with Crippen molar-refractivity contribution in [3.8, 4) is 5.75 Å². The molecular formula is C27H29N7O2. The summed E-state index contributed by atoms with van der Waals surface area (Å²) in [7, 11) is 1.66. The van der Waals surface area contributed by atoms with E-state index in [1.54, 1.807) is 25.7 Å². The van der Waals surface area contributed by atoms with Gasteiger partial charge in [-0.15, -0.1) is 0 Å². The highest BCUT2D eigenvalue weighted by molar-refractivity contribution is 5.89. The van der Waals surface area contributed by atoms with Crippen LogP contribution in [0.4, 0.5) is 11.8 Å². The van der Waals surface area contributed by atoms with Gasteiger partial charge in [0.05, 0.1) is 18.0 Å². The molecule has 0 aliphatic carbocycles. The fourth-order valence-corrected chi connectivity index (χ4v) is 4.39. The third kappa shape index (κ3) is 5.51. The number of hydrogen-bond donors (Lipinski definition) is 2. The Hall–Kier alpha value is -4.27. The Morgan fingerprint density at radius 1 is 1.00 bits per heavy atom. The second kappa shape index (κ2) is 11.0. The van der Waals surface area contributed by atoms with E-state index >= 15 is 0 Å². The maximum Gasteiger partial charge on any atom is 0.223 e. The van der Waals surface area contributed by atoms with Crippen LogP contribution in [0.15, 0.2) is 67.3 Å². The maximum atomic E-state index is 12.7. The number of pyridine rings is 2. The number of piperidine rings is 1. The smallest absolute Gasteiger partial charge is 0.223 e. The van der Waals surface area contributed by atoms with Gasteiger partial charge in [-0.05, 0) is 48.2 Å². The topological polar surface area (TPSA) is 105 Å². The first-order valence-corrected chi connectivity index (χ1v) is 12.1. The normalized spacial score (nSPS) is 14.0. The molecule has 0 atom stereocenters. The Kier molecular flexibility index (Phi) is 7.16. The minimum Gasteiger partial charge on any atom is -0.497 e. The second-order valence-electron chi connectivity index (χ2n) is 8.80. The van der Waals surface area contributed by atoms with Gasteiger partial charge >= 0.3 is 0 Å². The number of anilines is 2. The van der Waals surface area contributed by atoms with Crippen LogP contribution in [0.25, 0.3) is 10.9 Å². The van der Waals surface area contributed by atoms with Crippen LogP contribution >= 0.6 is 0 Å². The fraction of sp³-hybridized carbons (Fsp3) is 0.296. The summed E-state index contributed by atoms with van der Waals surface area (Å²) in [6, 6.07) is 13.6. The number of hydrogen-bond acceptors (Lipinski definition) is 8. The molecule has 1 amide bonds. The van der Waals surface area contributed by atoms with Crippen LogP contribution in [-0.4, -0.2) is 46.0 Å². The Labute approximate surface area is 210 Å². The SMILES string of the molecule is COc1ccc(CNc2ncc3c(N4CCC(C(=O)NCc5cccnc5)CC4)nccc3n2)cc1. The molecular weight excluding hydrogens is 454 g/mol. The predicted molar refractivity (Wildman–Crippen MR) is 139 cm³/mol. The van der Waals surface area contributed by atoms with Crippen LogP contribution in [0.3, 0.4) is 0 Å². The van der Waals surface area contributed by atoms with Gasteiger partial charge < -0.3 is 20.3 Å². The molecule has 3 aromatic heterocycles. The molecule has 0 radical (unpaired) electrons. The molecule has 4 aromatic rings. The van der Waals surface area contributed by atoms with Crippen molar-refractivity contribution in [1.29, 1.82) is 0 Å². The number of carbonyl (C=O) groups is 1. The zero-order valence-corrected chi connectivity index (χ0v) is 20.2. The number of nitrogens with one attached hydrogen (secondary N) is 2. The molecule has 1 aromatic carbocycles. The van der Waals surface area contributed by atoms with E-state index in [-0.39, 0.29) is 11.8 Å². The number of nitrogens with zero attached hydrogens (tertiary/aromatic N) is 5. The van der Waals surface area contributed by atoms with E-state index in [0.29, 0.717) is 19.0 Å². The van der Waals surface area contributed by atoms with E-state index in [1.807, 2.05) is 48.7 Å². The summed E-state index contributed by atoms with van der Waals surface area (Å²) < 4.78 is 5.21. The summed E-state index contributed by atoms with van der Waals surface area (Å²) >= 11 is 0. The zero-order chi connectivity index (χ0) is 24.7. The number of ether oxygens (including phenoxy) is 1. The molecule has 9 nitrogen and oxygen atoms in total. The first-order valence-electron chi connectivity index (χ1n) is 12.1. The first kappa shape index (κ1) is 23.5. The van der Waals surface area contributed by atoms with E-state index in [1.165, 1.54) is 0 Å². The van der Waals surface area contributed by atoms with Crippen LogP contribution in [0, 0.1) is 5.92 Å². The molecule has 184 valence electrons. The van der Waals surface area contributed by atoms with E-state index in [9.17, 15) is 4.79 Å². The molecule has 1 aliphatic heterocycles. The van der Waals surface area contributed by atoms with Crippen molar-refractivity contribution in [3.63, 3.8) is 0 Å². The van der Waals surface area contributed by atoms with Gasteiger partial charge in [0.15, 0.2) is 0 Å². The minimum atomic E-state index is -0.00194. The van der Waals surface area contributed by atoms with Crippen molar-refractivity contribution < 1.29 is 9.53 Å². The van der Waals surface area contributed by atoms with Crippen LogP contribution in [0.5, 0.6) is 5.75 Å².